The average Bonchev–Trinajstić information content (AvgIpc) is 3.08. The van der Waals surface area contributed by atoms with Crippen molar-refractivity contribution in [2.24, 2.45) is 0 Å². The number of hydrogen-bond donors (Lipinski definition) is 1. The molecule has 3 aromatic rings. The zero-order valence-electron chi connectivity index (χ0n) is 11.6. The fourth-order valence-electron chi connectivity index (χ4n) is 1.90. The highest BCUT2D eigenvalue weighted by Gasteiger charge is 2.10. The fourth-order valence-corrected chi connectivity index (χ4v) is 2.66. The van der Waals surface area contributed by atoms with Crippen LogP contribution in [0.5, 0.6) is 0 Å². The molecule has 106 valence electrons. The summed E-state index contributed by atoms with van der Waals surface area (Å²) in [4.78, 5) is 18.1. The molecule has 0 radical (unpaired) electrons. The molecular formula is C15H13N3O2S. The van der Waals surface area contributed by atoms with Crippen molar-refractivity contribution in [1.82, 2.24) is 10.1 Å². The molecule has 0 fully saturated rings. The summed E-state index contributed by atoms with van der Waals surface area (Å²) in [5.74, 6) is 0.901. The standard InChI is InChI=1S/C15H13N3O2S/c1-9-6-7-13(21-9)15(19)17-12-5-3-4-11(8-12)14-16-10(2)20-18-14/h3-8H,1-2H3,(H,17,19). The molecule has 6 heteroatoms. The van der Waals surface area contributed by atoms with Gasteiger partial charge in [0.05, 0.1) is 4.88 Å². The summed E-state index contributed by atoms with van der Waals surface area (Å²) in [7, 11) is 0. The van der Waals surface area contributed by atoms with Crippen molar-refractivity contribution >= 4 is 22.9 Å². The van der Waals surface area contributed by atoms with Crippen molar-refractivity contribution in [3.8, 4) is 11.4 Å². The molecular weight excluding hydrogens is 286 g/mol. The summed E-state index contributed by atoms with van der Waals surface area (Å²) in [5.41, 5.74) is 1.50. The Labute approximate surface area is 125 Å². The zero-order valence-corrected chi connectivity index (χ0v) is 12.4. The van der Waals surface area contributed by atoms with E-state index in [2.05, 4.69) is 15.5 Å². The van der Waals surface area contributed by atoms with Gasteiger partial charge in [0.15, 0.2) is 0 Å². The first-order chi connectivity index (χ1) is 10.1. The van der Waals surface area contributed by atoms with Crippen LogP contribution in [0.15, 0.2) is 40.9 Å². The van der Waals surface area contributed by atoms with E-state index in [9.17, 15) is 4.79 Å². The maximum atomic E-state index is 12.1. The third-order valence-corrected chi connectivity index (χ3v) is 3.87. The first kappa shape index (κ1) is 13.5. The number of carbonyl (C=O) groups is 1. The molecule has 1 amide bonds. The van der Waals surface area contributed by atoms with Crippen LogP contribution in [0, 0.1) is 13.8 Å². The number of benzene rings is 1. The highest BCUT2D eigenvalue weighted by atomic mass is 32.1. The normalized spacial score (nSPS) is 10.6. The Bertz CT molecular complexity index is 792. The molecule has 0 unspecified atom stereocenters. The number of aromatic nitrogens is 2. The van der Waals surface area contributed by atoms with E-state index in [0.717, 1.165) is 10.4 Å². The van der Waals surface area contributed by atoms with Crippen LogP contribution in [0.1, 0.15) is 20.4 Å². The molecule has 5 nitrogen and oxygen atoms in total. The molecule has 2 heterocycles. The van der Waals surface area contributed by atoms with Crippen LogP contribution in [-0.2, 0) is 0 Å². The van der Waals surface area contributed by atoms with Crippen LogP contribution in [0.4, 0.5) is 5.69 Å². The number of nitrogens with one attached hydrogen (secondary N) is 1. The third kappa shape index (κ3) is 3.00. The lowest BCUT2D eigenvalue weighted by Gasteiger charge is -2.04. The van der Waals surface area contributed by atoms with Gasteiger partial charge >= 0.3 is 0 Å². The van der Waals surface area contributed by atoms with Gasteiger partial charge in [-0.15, -0.1) is 11.3 Å². The second kappa shape index (κ2) is 5.49. The molecule has 2 aromatic heterocycles. The van der Waals surface area contributed by atoms with E-state index in [-0.39, 0.29) is 5.91 Å². The molecule has 0 saturated carbocycles. The Hall–Kier alpha value is -2.47. The maximum Gasteiger partial charge on any atom is 0.265 e. The van der Waals surface area contributed by atoms with E-state index in [1.54, 1.807) is 6.92 Å². The van der Waals surface area contributed by atoms with Crippen molar-refractivity contribution in [3.63, 3.8) is 0 Å². The van der Waals surface area contributed by atoms with Crippen LogP contribution in [-0.4, -0.2) is 16.0 Å². The van der Waals surface area contributed by atoms with E-state index >= 15 is 0 Å². The van der Waals surface area contributed by atoms with Gasteiger partial charge in [-0.1, -0.05) is 17.3 Å². The first-order valence-electron chi connectivity index (χ1n) is 6.40. The lowest BCUT2D eigenvalue weighted by Crippen LogP contribution is -2.09. The summed E-state index contributed by atoms with van der Waals surface area (Å²) in [6.07, 6.45) is 0. The van der Waals surface area contributed by atoms with E-state index in [1.165, 1.54) is 11.3 Å². The molecule has 0 bridgehead atoms. The highest BCUT2D eigenvalue weighted by Crippen LogP contribution is 2.21. The van der Waals surface area contributed by atoms with Crippen molar-refractivity contribution in [2.75, 3.05) is 5.32 Å². The summed E-state index contributed by atoms with van der Waals surface area (Å²) in [6, 6.07) is 11.1. The maximum absolute atomic E-state index is 12.1. The van der Waals surface area contributed by atoms with E-state index in [0.29, 0.717) is 22.3 Å². The van der Waals surface area contributed by atoms with Crippen LogP contribution in [0.25, 0.3) is 11.4 Å². The zero-order chi connectivity index (χ0) is 14.8. The Morgan fingerprint density at radius 3 is 2.76 bits per heavy atom. The lowest BCUT2D eigenvalue weighted by molar-refractivity contribution is 0.103. The van der Waals surface area contributed by atoms with Crippen molar-refractivity contribution < 1.29 is 9.32 Å². The largest absolute Gasteiger partial charge is 0.339 e. The quantitative estimate of drug-likeness (QED) is 0.801. The second-order valence-corrected chi connectivity index (χ2v) is 5.87. The van der Waals surface area contributed by atoms with Crippen molar-refractivity contribution in [3.05, 3.63) is 52.0 Å². The molecule has 0 aliphatic carbocycles. The Balaban J connectivity index is 1.82. The number of nitrogens with zero attached hydrogens (tertiary/aromatic N) is 2. The number of aryl methyl sites for hydroxylation is 2. The molecule has 3 rings (SSSR count). The number of rotatable bonds is 3. The molecule has 1 N–H and O–H groups in total. The number of anilines is 1. The predicted molar refractivity (Wildman–Crippen MR) is 81.5 cm³/mol. The van der Waals surface area contributed by atoms with E-state index < -0.39 is 0 Å². The van der Waals surface area contributed by atoms with Gasteiger partial charge in [-0.2, -0.15) is 4.98 Å². The third-order valence-electron chi connectivity index (χ3n) is 2.87. The molecule has 21 heavy (non-hydrogen) atoms. The van der Waals surface area contributed by atoms with Gasteiger partial charge in [0.2, 0.25) is 11.7 Å². The van der Waals surface area contributed by atoms with Gasteiger partial charge in [0.1, 0.15) is 0 Å². The van der Waals surface area contributed by atoms with Gasteiger partial charge in [-0.3, -0.25) is 4.79 Å². The monoisotopic (exact) mass is 299 g/mol. The number of carbonyl (C=O) groups excluding carboxylic acids is 1. The second-order valence-electron chi connectivity index (χ2n) is 4.58. The highest BCUT2D eigenvalue weighted by molar-refractivity contribution is 7.14. The van der Waals surface area contributed by atoms with Crippen LogP contribution in [0.3, 0.4) is 0 Å². The van der Waals surface area contributed by atoms with Crippen LogP contribution < -0.4 is 5.32 Å². The summed E-state index contributed by atoms with van der Waals surface area (Å²) < 4.78 is 4.97. The summed E-state index contributed by atoms with van der Waals surface area (Å²) in [6.45, 7) is 3.71. The lowest BCUT2D eigenvalue weighted by atomic mass is 10.2. The topological polar surface area (TPSA) is 68.0 Å². The van der Waals surface area contributed by atoms with Crippen LogP contribution >= 0.6 is 11.3 Å². The van der Waals surface area contributed by atoms with E-state index in [4.69, 9.17) is 4.52 Å². The van der Waals surface area contributed by atoms with Crippen LogP contribution in [0.2, 0.25) is 0 Å². The van der Waals surface area contributed by atoms with Gasteiger partial charge in [-0.05, 0) is 31.2 Å². The molecule has 0 saturated heterocycles. The van der Waals surface area contributed by atoms with Gasteiger partial charge in [0, 0.05) is 23.1 Å². The smallest absolute Gasteiger partial charge is 0.265 e. The first-order valence-corrected chi connectivity index (χ1v) is 7.22. The Morgan fingerprint density at radius 1 is 1.24 bits per heavy atom. The SMILES string of the molecule is Cc1nc(-c2cccc(NC(=O)c3ccc(C)s3)c2)no1. The van der Waals surface area contributed by atoms with Gasteiger partial charge in [0.25, 0.3) is 5.91 Å². The molecule has 1 aromatic carbocycles. The predicted octanol–water partition coefficient (Wildman–Crippen LogP) is 3.67. The molecule has 0 atom stereocenters. The minimum absolute atomic E-state index is 0.116. The summed E-state index contributed by atoms with van der Waals surface area (Å²) in [5, 5.41) is 6.74. The number of thiophene rings is 1. The molecule has 0 aliphatic rings. The Kier molecular flexibility index (Phi) is 3.53. The van der Waals surface area contributed by atoms with Gasteiger partial charge < -0.3 is 9.84 Å². The molecule has 0 spiro atoms. The number of amides is 1. The van der Waals surface area contributed by atoms with Crippen molar-refractivity contribution in [2.45, 2.75) is 13.8 Å². The minimum Gasteiger partial charge on any atom is -0.339 e. The van der Waals surface area contributed by atoms with E-state index in [1.807, 2.05) is 43.3 Å². The number of hydrogen-bond acceptors (Lipinski definition) is 5. The Morgan fingerprint density at radius 2 is 2.10 bits per heavy atom. The summed E-state index contributed by atoms with van der Waals surface area (Å²) >= 11 is 1.47. The van der Waals surface area contributed by atoms with Crippen molar-refractivity contribution in [1.29, 1.82) is 0 Å². The van der Waals surface area contributed by atoms with Gasteiger partial charge in [-0.25, -0.2) is 0 Å². The fraction of sp³-hybridized carbons (Fsp3) is 0.133. The molecule has 0 aliphatic heterocycles. The minimum atomic E-state index is -0.116. The average molecular weight is 299 g/mol.